The molecule has 1 aliphatic rings. The minimum absolute atomic E-state index is 0.272. The van der Waals surface area contributed by atoms with Gasteiger partial charge < -0.3 is 16.4 Å². The fraction of sp³-hybridized carbons (Fsp3) is 0.286. The summed E-state index contributed by atoms with van der Waals surface area (Å²) in [4.78, 5) is 22.8. The van der Waals surface area contributed by atoms with E-state index in [2.05, 4.69) is 25.5 Å². The van der Waals surface area contributed by atoms with Gasteiger partial charge in [0.2, 0.25) is 11.9 Å². The highest BCUT2D eigenvalue weighted by molar-refractivity contribution is 6.31. The van der Waals surface area contributed by atoms with Crippen LogP contribution in [0.15, 0.2) is 48.7 Å². The van der Waals surface area contributed by atoms with E-state index in [1.807, 2.05) is 44.2 Å². The molecule has 190 valence electrons. The summed E-state index contributed by atoms with van der Waals surface area (Å²) >= 11 is 6.36. The van der Waals surface area contributed by atoms with Crippen LogP contribution in [0.5, 0.6) is 0 Å². The lowest BCUT2D eigenvalue weighted by Gasteiger charge is -2.32. The van der Waals surface area contributed by atoms with E-state index in [1.54, 1.807) is 24.4 Å². The number of carbonyl (C=O) groups is 1. The van der Waals surface area contributed by atoms with Crippen molar-refractivity contribution in [2.24, 2.45) is 5.73 Å². The third-order valence-electron chi connectivity index (χ3n) is 6.47. The Balaban J connectivity index is 1.34. The fourth-order valence-corrected chi connectivity index (χ4v) is 4.78. The lowest BCUT2D eigenvalue weighted by atomic mass is 10.0. The Morgan fingerprint density at radius 2 is 1.95 bits per heavy atom. The monoisotopic (exact) mass is 515 g/mol. The van der Waals surface area contributed by atoms with Crippen LogP contribution in [0.2, 0.25) is 5.02 Å². The number of benzene rings is 2. The molecule has 0 spiro atoms. The number of rotatable bonds is 8. The number of nitrogens with zero attached hydrogens (tertiary/aromatic N) is 4. The Labute approximate surface area is 222 Å². The highest BCUT2D eigenvalue weighted by Crippen LogP contribution is 2.27. The SMILES string of the molecule is Cc1cc(C=CC#N)cc(C)c1Nc1ccnc(NC2CCN(Cc3ccc(C(N)=O)cc3Cl)CC2)n1. The van der Waals surface area contributed by atoms with Crippen molar-refractivity contribution in [2.45, 2.75) is 39.3 Å². The van der Waals surface area contributed by atoms with Crippen molar-refractivity contribution >= 4 is 41.0 Å². The maximum Gasteiger partial charge on any atom is 0.248 e. The molecule has 8 nitrogen and oxygen atoms in total. The number of allylic oxidation sites excluding steroid dienone is 1. The van der Waals surface area contributed by atoms with Crippen molar-refractivity contribution in [3.63, 3.8) is 0 Å². The van der Waals surface area contributed by atoms with Crippen LogP contribution in [0.25, 0.3) is 6.08 Å². The lowest BCUT2D eigenvalue weighted by Crippen LogP contribution is -2.39. The molecule has 4 N–H and O–H groups in total. The number of aryl methyl sites for hydroxylation is 2. The zero-order valence-corrected chi connectivity index (χ0v) is 21.7. The predicted octanol–water partition coefficient (Wildman–Crippen LogP) is 5.20. The molecular weight excluding hydrogens is 486 g/mol. The van der Waals surface area contributed by atoms with Gasteiger partial charge in [-0.3, -0.25) is 9.69 Å². The van der Waals surface area contributed by atoms with Crippen LogP contribution >= 0.6 is 11.6 Å². The van der Waals surface area contributed by atoms with Gasteiger partial charge in [0.25, 0.3) is 0 Å². The molecule has 1 amide bonds. The number of primary amides is 1. The molecule has 0 bridgehead atoms. The number of halogens is 1. The van der Waals surface area contributed by atoms with E-state index in [1.165, 1.54) is 6.08 Å². The smallest absolute Gasteiger partial charge is 0.248 e. The summed E-state index contributed by atoms with van der Waals surface area (Å²) in [5.74, 6) is 0.836. The number of aromatic nitrogens is 2. The molecule has 0 radical (unpaired) electrons. The van der Waals surface area contributed by atoms with Gasteiger partial charge in [0.15, 0.2) is 0 Å². The summed E-state index contributed by atoms with van der Waals surface area (Å²) < 4.78 is 0. The molecule has 2 heterocycles. The van der Waals surface area contributed by atoms with E-state index < -0.39 is 5.91 Å². The molecule has 0 aliphatic carbocycles. The fourth-order valence-electron chi connectivity index (χ4n) is 4.54. The van der Waals surface area contributed by atoms with E-state index in [4.69, 9.17) is 22.6 Å². The van der Waals surface area contributed by atoms with Crippen LogP contribution in [0, 0.1) is 25.2 Å². The van der Waals surface area contributed by atoms with E-state index in [9.17, 15) is 4.79 Å². The largest absolute Gasteiger partial charge is 0.366 e. The first-order valence-electron chi connectivity index (χ1n) is 12.2. The van der Waals surface area contributed by atoms with E-state index in [-0.39, 0.29) is 6.04 Å². The van der Waals surface area contributed by atoms with Gasteiger partial charge in [0, 0.05) is 54.2 Å². The summed E-state index contributed by atoms with van der Waals surface area (Å²) in [7, 11) is 0. The van der Waals surface area contributed by atoms with Crippen molar-refractivity contribution in [3.05, 3.63) is 81.5 Å². The number of nitrogens with two attached hydrogens (primary N) is 1. The number of hydrogen-bond acceptors (Lipinski definition) is 7. The van der Waals surface area contributed by atoms with E-state index in [0.29, 0.717) is 16.5 Å². The second kappa shape index (κ2) is 11.9. The molecule has 37 heavy (non-hydrogen) atoms. The first kappa shape index (κ1) is 26.1. The second-order valence-corrected chi connectivity index (χ2v) is 9.66. The number of hydrogen-bond donors (Lipinski definition) is 3. The Morgan fingerprint density at radius 3 is 2.59 bits per heavy atom. The van der Waals surface area contributed by atoms with Gasteiger partial charge in [-0.25, -0.2) is 4.98 Å². The van der Waals surface area contributed by atoms with E-state index in [0.717, 1.165) is 66.2 Å². The van der Waals surface area contributed by atoms with Crippen molar-refractivity contribution in [3.8, 4) is 6.07 Å². The normalized spacial score (nSPS) is 14.4. The number of nitriles is 1. The van der Waals surface area contributed by atoms with E-state index >= 15 is 0 Å². The van der Waals surface area contributed by atoms with Crippen LogP contribution in [-0.4, -0.2) is 39.9 Å². The van der Waals surface area contributed by atoms with Gasteiger partial charge in [-0.2, -0.15) is 10.2 Å². The number of likely N-dealkylation sites (tertiary alicyclic amines) is 1. The van der Waals surface area contributed by atoms with Crippen LogP contribution in [-0.2, 0) is 6.54 Å². The topological polar surface area (TPSA) is 120 Å². The first-order valence-corrected chi connectivity index (χ1v) is 12.5. The molecule has 1 fully saturated rings. The Morgan fingerprint density at radius 1 is 1.22 bits per heavy atom. The predicted molar refractivity (Wildman–Crippen MR) is 148 cm³/mol. The summed E-state index contributed by atoms with van der Waals surface area (Å²) in [6.07, 6.45) is 6.93. The summed E-state index contributed by atoms with van der Waals surface area (Å²) in [5, 5.41) is 16.2. The molecule has 9 heteroatoms. The van der Waals surface area contributed by atoms with Crippen molar-refractivity contribution in [1.29, 1.82) is 5.26 Å². The molecule has 4 rings (SSSR count). The molecule has 0 atom stereocenters. The third kappa shape index (κ3) is 6.85. The zero-order valence-electron chi connectivity index (χ0n) is 21.0. The summed E-state index contributed by atoms with van der Waals surface area (Å²) in [6.45, 7) is 6.62. The Bertz CT molecular complexity index is 1330. The zero-order chi connectivity index (χ0) is 26.4. The van der Waals surface area contributed by atoms with Crippen LogP contribution in [0.4, 0.5) is 17.5 Å². The number of piperidine rings is 1. The van der Waals surface area contributed by atoms with Gasteiger partial charge in [-0.1, -0.05) is 17.7 Å². The summed E-state index contributed by atoms with van der Waals surface area (Å²) in [6, 6.07) is 13.5. The van der Waals surface area contributed by atoms with Gasteiger partial charge in [0.05, 0.1) is 6.07 Å². The average Bonchev–Trinajstić information content (AvgIpc) is 2.87. The van der Waals surface area contributed by atoms with Crippen molar-refractivity contribution in [2.75, 3.05) is 23.7 Å². The molecule has 2 aromatic carbocycles. The molecule has 1 aliphatic heterocycles. The molecule has 3 aromatic rings. The molecule has 1 aromatic heterocycles. The standard InChI is InChI=1S/C28H30ClN7O/c1-18-14-20(4-3-10-30)15-19(2)26(18)34-25-7-11-32-28(35-25)33-23-8-12-36(13-9-23)17-22-6-5-21(27(31)37)16-24(22)29/h3-7,11,14-16,23H,8-9,12-13,17H2,1-2H3,(H2,31,37)(H2,32,33,34,35). The van der Waals surface area contributed by atoms with Crippen LogP contribution < -0.4 is 16.4 Å². The van der Waals surface area contributed by atoms with Gasteiger partial charge in [-0.15, -0.1) is 0 Å². The molecule has 0 unspecified atom stereocenters. The van der Waals surface area contributed by atoms with Crippen LogP contribution in [0.3, 0.4) is 0 Å². The lowest BCUT2D eigenvalue weighted by molar-refractivity contribution is 0.1000. The number of anilines is 3. The average molecular weight is 516 g/mol. The maximum absolute atomic E-state index is 11.3. The van der Waals surface area contributed by atoms with Crippen LogP contribution in [0.1, 0.15) is 45.5 Å². The van der Waals surface area contributed by atoms with Crippen molar-refractivity contribution < 1.29 is 4.79 Å². The quantitative estimate of drug-likeness (QED) is 0.352. The maximum atomic E-state index is 11.3. The Kier molecular flexibility index (Phi) is 8.39. The van der Waals surface area contributed by atoms with Crippen molar-refractivity contribution in [1.82, 2.24) is 14.9 Å². The minimum atomic E-state index is -0.477. The second-order valence-electron chi connectivity index (χ2n) is 9.25. The summed E-state index contributed by atoms with van der Waals surface area (Å²) in [5.41, 5.74) is 10.9. The molecule has 1 saturated heterocycles. The minimum Gasteiger partial charge on any atom is -0.366 e. The highest BCUT2D eigenvalue weighted by atomic mass is 35.5. The number of nitrogens with one attached hydrogen (secondary N) is 2. The van der Waals surface area contributed by atoms with Gasteiger partial charge >= 0.3 is 0 Å². The first-order chi connectivity index (χ1) is 17.8. The third-order valence-corrected chi connectivity index (χ3v) is 6.82. The number of amides is 1. The Hall–Kier alpha value is -3.93. The van der Waals surface area contributed by atoms with Gasteiger partial charge in [-0.05, 0) is 85.4 Å². The number of carbonyl (C=O) groups excluding carboxylic acids is 1. The highest BCUT2D eigenvalue weighted by Gasteiger charge is 2.21. The molecular formula is C28H30ClN7O. The van der Waals surface area contributed by atoms with Gasteiger partial charge in [0.1, 0.15) is 5.82 Å². The molecule has 0 saturated carbocycles.